The molecule has 0 N–H and O–H groups in total. The third-order valence-corrected chi connectivity index (χ3v) is 4.83. The first kappa shape index (κ1) is 19.1. The van der Waals surface area contributed by atoms with Gasteiger partial charge in [-0.05, 0) is 31.5 Å². The highest BCUT2D eigenvalue weighted by Crippen LogP contribution is 2.17. The summed E-state index contributed by atoms with van der Waals surface area (Å²) in [6, 6.07) is 17.3. The molecule has 1 atom stereocenters. The minimum Gasteiger partial charge on any atom is -0.481 e. The monoisotopic (exact) mass is 366 g/mol. The Morgan fingerprint density at radius 3 is 2.37 bits per heavy atom. The molecular formula is C22H26N2O3. The minimum absolute atomic E-state index is 0.0115. The van der Waals surface area contributed by atoms with Gasteiger partial charge in [0.2, 0.25) is 0 Å². The molecule has 0 radical (unpaired) electrons. The summed E-state index contributed by atoms with van der Waals surface area (Å²) >= 11 is 0. The SMILES string of the molecule is CC(=O)c1cccc(OC(C)C(=O)N2CCN(Cc3ccccc3)CC2)c1. The van der Waals surface area contributed by atoms with Crippen LogP contribution in [0.15, 0.2) is 54.6 Å². The number of carbonyl (C=O) groups is 2. The van der Waals surface area contributed by atoms with Crippen LogP contribution in [0.4, 0.5) is 0 Å². The Labute approximate surface area is 160 Å². The summed E-state index contributed by atoms with van der Waals surface area (Å²) in [5.74, 6) is 0.517. The fourth-order valence-corrected chi connectivity index (χ4v) is 3.27. The van der Waals surface area contributed by atoms with Crippen LogP contribution in [-0.2, 0) is 11.3 Å². The lowest BCUT2D eigenvalue weighted by molar-refractivity contribution is -0.139. The first-order valence-electron chi connectivity index (χ1n) is 9.35. The summed E-state index contributed by atoms with van der Waals surface area (Å²) in [5, 5.41) is 0. The van der Waals surface area contributed by atoms with Gasteiger partial charge >= 0.3 is 0 Å². The van der Waals surface area contributed by atoms with Gasteiger partial charge in [0.15, 0.2) is 11.9 Å². The van der Waals surface area contributed by atoms with Gasteiger partial charge in [0.25, 0.3) is 5.91 Å². The second-order valence-corrected chi connectivity index (χ2v) is 6.93. The Morgan fingerprint density at radius 2 is 1.70 bits per heavy atom. The maximum atomic E-state index is 12.7. The smallest absolute Gasteiger partial charge is 0.263 e. The number of nitrogens with zero attached hydrogens (tertiary/aromatic N) is 2. The van der Waals surface area contributed by atoms with Crippen LogP contribution in [0.2, 0.25) is 0 Å². The lowest BCUT2D eigenvalue weighted by Gasteiger charge is -2.35. The van der Waals surface area contributed by atoms with E-state index in [1.165, 1.54) is 12.5 Å². The molecule has 2 aromatic rings. The number of amides is 1. The first-order chi connectivity index (χ1) is 13.0. The maximum Gasteiger partial charge on any atom is 0.263 e. The van der Waals surface area contributed by atoms with Crippen molar-refractivity contribution in [3.8, 4) is 5.75 Å². The Morgan fingerprint density at radius 1 is 1.00 bits per heavy atom. The topological polar surface area (TPSA) is 49.9 Å². The number of carbonyl (C=O) groups excluding carboxylic acids is 2. The van der Waals surface area contributed by atoms with E-state index in [0.29, 0.717) is 24.4 Å². The van der Waals surface area contributed by atoms with E-state index in [0.717, 1.165) is 19.6 Å². The van der Waals surface area contributed by atoms with Crippen molar-refractivity contribution in [3.05, 3.63) is 65.7 Å². The fourth-order valence-electron chi connectivity index (χ4n) is 3.27. The fraction of sp³-hybridized carbons (Fsp3) is 0.364. The quantitative estimate of drug-likeness (QED) is 0.738. The summed E-state index contributed by atoms with van der Waals surface area (Å²) in [4.78, 5) is 28.4. The zero-order valence-electron chi connectivity index (χ0n) is 15.9. The van der Waals surface area contributed by atoms with Crippen LogP contribution in [0, 0.1) is 0 Å². The number of Topliss-reactive ketones (excluding diaryl/α,β-unsaturated/α-hetero) is 1. The summed E-state index contributed by atoms with van der Waals surface area (Å²) < 4.78 is 5.79. The summed E-state index contributed by atoms with van der Waals surface area (Å²) in [7, 11) is 0. The molecule has 2 aromatic carbocycles. The average molecular weight is 366 g/mol. The van der Waals surface area contributed by atoms with E-state index >= 15 is 0 Å². The Kier molecular flexibility index (Phi) is 6.24. The lowest BCUT2D eigenvalue weighted by atomic mass is 10.1. The molecule has 0 saturated carbocycles. The van der Waals surface area contributed by atoms with Gasteiger partial charge in [0.1, 0.15) is 5.75 Å². The zero-order chi connectivity index (χ0) is 19.2. The molecule has 27 heavy (non-hydrogen) atoms. The van der Waals surface area contributed by atoms with E-state index in [1.807, 2.05) is 11.0 Å². The highest BCUT2D eigenvalue weighted by atomic mass is 16.5. The number of benzene rings is 2. The van der Waals surface area contributed by atoms with E-state index in [4.69, 9.17) is 4.74 Å². The van der Waals surface area contributed by atoms with Gasteiger partial charge in [0.05, 0.1) is 0 Å². The Bertz CT molecular complexity index is 783. The van der Waals surface area contributed by atoms with Crippen LogP contribution in [0.1, 0.15) is 29.8 Å². The van der Waals surface area contributed by atoms with E-state index in [9.17, 15) is 9.59 Å². The van der Waals surface area contributed by atoms with Gasteiger partial charge in [-0.2, -0.15) is 0 Å². The minimum atomic E-state index is -0.576. The molecule has 0 bridgehead atoms. The lowest BCUT2D eigenvalue weighted by Crippen LogP contribution is -2.51. The van der Waals surface area contributed by atoms with Gasteiger partial charge in [-0.1, -0.05) is 42.5 Å². The number of ether oxygens (including phenoxy) is 1. The molecule has 0 aromatic heterocycles. The van der Waals surface area contributed by atoms with Gasteiger partial charge in [-0.25, -0.2) is 0 Å². The van der Waals surface area contributed by atoms with Crippen LogP contribution in [0.5, 0.6) is 5.75 Å². The van der Waals surface area contributed by atoms with Crippen molar-refractivity contribution in [2.75, 3.05) is 26.2 Å². The molecule has 0 spiro atoms. The van der Waals surface area contributed by atoms with Crippen molar-refractivity contribution in [3.63, 3.8) is 0 Å². The number of hydrogen-bond acceptors (Lipinski definition) is 4. The summed E-state index contributed by atoms with van der Waals surface area (Å²) in [6.07, 6.45) is -0.576. The van der Waals surface area contributed by atoms with Crippen LogP contribution in [0.3, 0.4) is 0 Å². The number of hydrogen-bond donors (Lipinski definition) is 0. The predicted octanol–water partition coefficient (Wildman–Crippen LogP) is 3.00. The van der Waals surface area contributed by atoms with Crippen molar-refractivity contribution < 1.29 is 14.3 Å². The second kappa shape index (κ2) is 8.82. The van der Waals surface area contributed by atoms with E-state index in [-0.39, 0.29) is 11.7 Å². The molecule has 1 heterocycles. The molecule has 1 amide bonds. The van der Waals surface area contributed by atoms with Crippen LogP contribution in [0.25, 0.3) is 0 Å². The van der Waals surface area contributed by atoms with E-state index in [2.05, 4.69) is 29.2 Å². The summed E-state index contributed by atoms with van der Waals surface area (Å²) in [5.41, 5.74) is 1.88. The number of rotatable bonds is 6. The standard InChI is InChI=1S/C22H26N2O3/c1-17(25)20-9-6-10-21(15-20)27-18(2)22(26)24-13-11-23(12-14-24)16-19-7-4-3-5-8-19/h3-10,15,18H,11-14,16H2,1-2H3. The highest BCUT2D eigenvalue weighted by Gasteiger charge is 2.26. The van der Waals surface area contributed by atoms with E-state index in [1.54, 1.807) is 31.2 Å². The number of piperazine rings is 1. The molecule has 0 aliphatic carbocycles. The molecular weight excluding hydrogens is 340 g/mol. The molecule has 1 unspecified atom stereocenters. The third-order valence-electron chi connectivity index (χ3n) is 4.83. The Balaban J connectivity index is 1.51. The molecule has 5 nitrogen and oxygen atoms in total. The van der Waals surface area contributed by atoms with Crippen molar-refractivity contribution in [1.29, 1.82) is 0 Å². The molecule has 1 aliphatic rings. The maximum absolute atomic E-state index is 12.7. The van der Waals surface area contributed by atoms with Gasteiger partial charge in [0, 0.05) is 38.3 Å². The van der Waals surface area contributed by atoms with Gasteiger partial charge < -0.3 is 9.64 Å². The van der Waals surface area contributed by atoms with Crippen molar-refractivity contribution >= 4 is 11.7 Å². The van der Waals surface area contributed by atoms with Crippen molar-refractivity contribution in [2.45, 2.75) is 26.5 Å². The molecule has 1 aliphatic heterocycles. The average Bonchev–Trinajstić information content (AvgIpc) is 2.69. The first-order valence-corrected chi connectivity index (χ1v) is 9.35. The molecule has 142 valence electrons. The van der Waals surface area contributed by atoms with Crippen molar-refractivity contribution in [1.82, 2.24) is 9.80 Å². The Hall–Kier alpha value is -2.66. The van der Waals surface area contributed by atoms with Crippen LogP contribution >= 0.6 is 0 Å². The predicted molar refractivity (Wildman–Crippen MR) is 105 cm³/mol. The number of ketones is 1. The van der Waals surface area contributed by atoms with Crippen LogP contribution < -0.4 is 4.74 Å². The molecule has 1 fully saturated rings. The van der Waals surface area contributed by atoms with Crippen LogP contribution in [-0.4, -0.2) is 53.8 Å². The van der Waals surface area contributed by atoms with Gasteiger partial charge in [-0.15, -0.1) is 0 Å². The van der Waals surface area contributed by atoms with Gasteiger partial charge in [-0.3, -0.25) is 14.5 Å². The summed E-state index contributed by atoms with van der Waals surface area (Å²) in [6.45, 7) is 7.30. The highest BCUT2D eigenvalue weighted by molar-refractivity contribution is 5.94. The zero-order valence-corrected chi connectivity index (χ0v) is 15.9. The van der Waals surface area contributed by atoms with Crippen molar-refractivity contribution in [2.24, 2.45) is 0 Å². The largest absolute Gasteiger partial charge is 0.481 e. The molecule has 5 heteroatoms. The third kappa shape index (κ3) is 5.17. The molecule has 1 saturated heterocycles. The second-order valence-electron chi connectivity index (χ2n) is 6.93. The molecule has 3 rings (SSSR count). The van der Waals surface area contributed by atoms with E-state index < -0.39 is 6.10 Å². The normalized spacial score (nSPS) is 16.0.